The van der Waals surface area contributed by atoms with Crippen LogP contribution in [0.4, 0.5) is 0 Å². The second-order valence-corrected chi connectivity index (χ2v) is 6.28. The molecule has 1 atom stereocenters. The lowest BCUT2D eigenvalue weighted by atomic mass is 9.99. The molecule has 0 aromatic carbocycles. The minimum atomic E-state index is -1.29. The average molecular weight is 322 g/mol. The van der Waals surface area contributed by atoms with Gasteiger partial charge in [-0.05, 0) is 20.3 Å². The van der Waals surface area contributed by atoms with Gasteiger partial charge >= 0.3 is 5.97 Å². The Hall–Kier alpha value is -2.22. The molecule has 0 fully saturated rings. The van der Waals surface area contributed by atoms with Gasteiger partial charge in [0.15, 0.2) is 0 Å². The fourth-order valence-electron chi connectivity index (χ4n) is 1.86. The molecule has 22 heavy (non-hydrogen) atoms. The lowest BCUT2D eigenvalue weighted by molar-refractivity contribution is -0.143. The van der Waals surface area contributed by atoms with Crippen LogP contribution in [0.2, 0.25) is 0 Å². The number of amides is 1. The van der Waals surface area contributed by atoms with E-state index in [1.54, 1.807) is 31.8 Å². The molecule has 7 nitrogen and oxygen atoms in total. The number of aliphatic carboxylic acids is 1. The van der Waals surface area contributed by atoms with Gasteiger partial charge in [-0.15, -0.1) is 11.3 Å². The minimum Gasteiger partial charge on any atom is -0.480 e. The molecule has 1 unspecified atom stereocenters. The Kier molecular flexibility index (Phi) is 4.32. The fourth-order valence-corrected chi connectivity index (χ4v) is 2.80. The number of nitrogens with one attached hydrogen (secondary N) is 1. The number of aromatic nitrogens is 3. The van der Waals surface area contributed by atoms with E-state index in [4.69, 9.17) is 0 Å². The molecule has 118 valence electrons. The first-order chi connectivity index (χ1) is 10.3. The topological polar surface area (TPSA) is 97.1 Å². The van der Waals surface area contributed by atoms with Crippen LogP contribution in [-0.2, 0) is 11.8 Å². The molecule has 2 rings (SSSR count). The quantitative estimate of drug-likeness (QED) is 0.875. The summed E-state index contributed by atoms with van der Waals surface area (Å²) in [5.41, 5.74) is 0.110. The van der Waals surface area contributed by atoms with E-state index >= 15 is 0 Å². The highest BCUT2D eigenvalue weighted by atomic mass is 32.1. The van der Waals surface area contributed by atoms with Gasteiger partial charge < -0.3 is 10.4 Å². The number of carboxylic acids is 1. The number of carboxylic acid groups (broad SMARTS) is 1. The zero-order valence-electron chi connectivity index (χ0n) is 12.9. The zero-order chi connectivity index (χ0) is 16.5. The lowest BCUT2D eigenvalue weighted by Gasteiger charge is -2.24. The van der Waals surface area contributed by atoms with Crippen LogP contribution in [0.25, 0.3) is 10.6 Å². The Morgan fingerprint density at radius 2 is 2.18 bits per heavy atom. The van der Waals surface area contributed by atoms with Crippen LogP contribution < -0.4 is 5.32 Å². The summed E-state index contributed by atoms with van der Waals surface area (Å²) in [6.45, 7) is 4.94. The van der Waals surface area contributed by atoms with Crippen molar-refractivity contribution < 1.29 is 14.7 Å². The average Bonchev–Trinajstić information content (AvgIpc) is 3.04. The largest absolute Gasteiger partial charge is 0.480 e. The molecule has 8 heteroatoms. The first-order valence-corrected chi connectivity index (χ1v) is 7.61. The van der Waals surface area contributed by atoms with E-state index in [1.165, 1.54) is 18.3 Å². The first-order valence-electron chi connectivity index (χ1n) is 6.79. The first kappa shape index (κ1) is 16.2. The Labute approximate surface area is 132 Å². The summed E-state index contributed by atoms with van der Waals surface area (Å²) in [7, 11) is 1.80. The molecule has 0 saturated carbocycles. The Balaban J connectivity index is 2.28. The van der Waals surface area contributed by atoms with Crippen molar-refractivity contribution in [2.24, 2.45) is 7.05 Å². The highest BCUT2D eigenvalue weighted by Crippen LogP contribution is 2.28. The van der Waals surface area contributed by atoms with Crippen LogP contribution in [0, 0.1) is 6.92 Å². The van der Waals surface area contributed by atoms with Crippen molar-refractivity contribution in [3.63, 3.8) is 0 Å². The summed E-state index contributed by atoms with van der Waals surface area (Å²) < 4.78 is 1.66. The van der Waals surface area contributed by atoms with Crippen molar-refractivity contribution in [2.75, 3.05) is 0 Å². The van der Waals surface area contributed by atoms with Crippen molar-refractivity contribution in [3.05, 3.63) is 23.0 Å². The van der Waals surface area contributed by atoms with Crippen molar-refractivity contribution in [2.45, 2.75) is 32.7 Å². The summed E-state index contributed by atoms with van der Waals surface area (Å²) in [4.78, 5) is 28.5. The van der Waals surface area contributed by atoms with Gasteiger partial charge in [0.25, 0.3) is 5.91 Å². The molecule has 0 bridgehead atoms. The summed E-state index contributed by atoms with van der Waals surface area (Å²) in [5.74, 6) is -1.48. The molecular weight excluding hydrogens is 304 g/mol. The smallest absolute Gasteiger partial charge is 0.329 e. The molecule has 0 spiro atoms. The molecule has 0 aliphatic heterocycles. The third kappa shape index (κ3) is 3.01. The molecule has 0 aliphatic carbocycles. The van der Waals surface area contributed by atoms with Gasteiger partial charge in [-0.25, -0.2) is 9.78 Å². The fraction of sp³-hybridized carbons (Fsp3) is 0.429. The van der Waals surface area contributed by atoms with Crippen LogP contribution in [0.3, 0.4) is 0 Å². The number of carbonyl (C=O) groups is 2. The number of hydrogen-bond acceptors (Lipinski definition) is 5. The van der Waals surface area contributed by atoms with Crippen LogP contribution in [-0.4, -0.2) is 37.3 Å². The summed E-state index contributed by atoms with van der Waals surface area (Å²) in [6.07, 6.45) is 3.78. The number of carbonyl (C=O) groups excluding carboxylic acids is 1. The van der Waals surface area contributed by atoms with Crippen molar-refractivity contribution in [3.8, 4) is 10.6 Å². The van der Waals surface area contributed by atoms with Gasteiger partial charge in [0.1, 0.15) is 15.4 Å². The SMILES string of the molecule is CCC(C)(NC(=O)c1sc(-c2cnn(C)c2)nc1C)C(=O)O. The maximum absolute atomic E-state index is 12.4. The monoisotopic (exact) mass is 322 g/mol. The molecule has 1 amide bonds. The van der Waals surface area contributed by atoms with E-state index < -0.39 is 17.4 Å². The van der Waals surface area contributed by atoms with Gasteiger partial charge in [0, 0.05) is 18.8 Å². The Bertz CT molecular complexity index is 721. The minimum absolute atomic E-state index is 0.293. The van der Waals surface area contributed by atoms with E-state index in [0.717, 1.165) is 5.56 Å². The molecule has 2 aromatic rings. The van der Waals surface area contributed by atoms with Gasteiger partial charge in [-0.3, -0.25) is 9.48 Å². The summed E-state index contributed by atoms with van der Waals surface area (Å²) in [5, 5.41) is 16.6. The highest BCUT2D eigenvalue weighted by Gasteiger charge is 2.34. The molecule has 0 radical (unpaired) electrons. The van der Waals surface area contributed by atoms with Crippen LogP contribution in [0.15, 0.2) is 12.4 Å². The van der Waals surface area contributed by atoms with Gasteiger partial charge in [-0.2, -0.15) is 5.10 Å². The van der Waals surface area contributed by atoms with Crippen LogP contribution in [0.1, 0.15) is 35.6 Å². The predicted molar refractivity (Wildman–Crippen MR) is 82.9 cm³/mol. The van der Waals surface area contributed by atoms with Crippen LogP contribution in [0.5, 0.6) is 0 Å². The van der Waals surface area contributed by atoms with Gasteiger partial charge in [-0.1, -0.05) is 6.92 Å². The molecule has 0 saturated heterocycles. The van der Waals surface area contributed by atoms with Gasteiger partial charge in [0.05, 0.1) is 11.9 Å². The number of hydrogen-bond donors (Lipinski definition) is 2. The van der Waals surface area contributed by atoms with E-state index in [2.05, 4.69) is 15.4 Å². The lowest BCUT2D eigenvalue weighted by Crippen LogP contribution is -2.51. The zero-order valence-corrected chi connectivity index (χ0v) is 13.7. The van der Waals surface area contributed by atoms with Crippen molar-refractivity contribution in [1.29, 1.82) is 0 Å². The molecule has 2 N–H and O–H groups in total. The molecule has 2 heterocycles. The molecule has 2 aromatic heterocycles. The van der Waals surface area contributed by atoms with Gasteiger partial charge in [0.2, 0.25) is 0 Å². The normalized spacial score (nSPS) is 13.6. The number of rotatable bonds is 5. The van der Waals surface area contributed by atoms with Crippen LogP contribution >= 0.6 is 11.3 Å². The molecule has 0 aliphatic rings. The van der Waals surface area contributed by atoms with E-state index in [9.17, 15) is 14.7 Å². The highest BCUT2D eigenvalue weighted by molar-refractivity contribution is 7.17. The second kappa shape index (κ2) is 5.88. The summed E-state index contributed by atoms with van der Waals surface area (Å²) in [6, 6.07) is 0. The predicted octanol–water partition coefficient (Wildman–Crippen LogP) is 1.84. The van der Waals surface area contributed by atoms with E-state index in [0.29, 0.717) is 22.0 Å². The Morgan fingerprint density at radius 3 is 2.68 bits per heavy atom. The van der Waals surface area contributed by atoms with E-state index in [1.807, 2.05) is 6.20 Å². The van der Waals surface area contributed by atoms with Crippen molar-refractivity contribution >= 4 is 23.2 Å². The second-order valence-electron chi connectivity index (χ2n) is 5.28. The summed E-state index contributed by atoms with van der Waals surface area (Å²) >= 11 is 1.23. The third-order valence-electron chi connectivity index (χ3n) is 3.52. The number of thiazole rings is 1. The number of nitrogens with zero attached hydrogens (tertiary/aromatic N) is 3. The Morgan fingerprint density at radius 1 is 1.50 bits per heavy atom. The third-order valence-corrected chi connectivity index (χ3v) is 4.73. The van der Waals surface area contributed by atoms with E-state index in [-0.39, 0.29) is 0 Å². The molecular formula is C14H18N4O3S. The number of aryl methyl sites for hydroxylation is 2. The van der Waals surface area contributed by atoms with Crippen molar-refractivity contribution in [1.82, 2.24) is 20.1 Å². The standard InChI is InChI=1S/C14H18N4O3S/c1-5-14(3,13(20)21)17-11(19)10-8(2)16-12(22-10)9-6-15-18(4)7-9/h6-7H,5H2,1-4H3,(H,17,19)(H,20,21). The maximum Gasteiger partial charge on any atom is 0.329 e. The maximum atomic E-state index is 12.4.